The second kappa shape index (κ2) is 10.4. The fourth-order valence-corrected chi connectivity index (χ4v) is 4.34. The minimum atomic E-state index is -0.0519. The maximum Gasteiger partial charge on any atom is 0.226 e. The zero-order valence-corrected chi connectivity index (χ0v) is 18.6. The van der Waals surface area contributed by atoms with Gasteiger partial charge in [-0.1, -0.05) is 24.3 Å². The van der Waals surface area contributed by atoms with E-state index < -0.39 is 0 Å². The van der Waals surface area contributed by atoms with Crippen molar-refractivity contribution < 1.29 is 14.3 Å². The molecule has 8 heteroatoms. The number of rotatable bonds is 9. The van der Waals surface area contributed by atoms with E-state index >= 15 is 0 Å². The third-order valence-corrected chi connectivity index (χ3v) is 6.24. The van der Waals surface area contributed by atoms with Crippen LogP contribution in [0.2, 0.25) is 0 Å². The number of anilines is 1. The lowest BCUT2D eigenvalue weighted by Crippen LogP contribution is -2.16. The molecule has 0 spiro atoms. The highest BCUT2D eigenvalue weighted by Crippen LogP contribution is 2.31. The maximum atomic E-state index is 12.4. The van der Waals surface area contributed by atoms with Crippen LogP contribution in [0.4, 0.5) is 5.82 Å². The Hall–Kier alpha value is -2.45. The first-order valence-electron chi connectivity index (χ1n) is 9.01. The Balaban J connectivity index is 1.60. The van der Waals surface area contributed by atoms with Gasteiger partial charge in [-0.15, -0.1) is 11.8 Å². The summed E-state index contributed by atoms with van der Waals surface area (Å²) in [4.78, 5) is 13.5. The van der Waals surface area contributed by atoms with E-state index in [0.29, 0.717) is 36.0 Å². The van der Waals surface area contributed by atoms with E-state index in [2.05, 4.69) is 26.3 Å². The number of hydrogen-bond acceptors (Lipinski definition) is 5. The first-order chi connectivity index (χ1) is 14.1. The molecule has 0 atom stereocenters. The molecule has 0 fully saturated rings. The molecule has 1 N–H and O–H groups in total. The molecule has 1 aromatic heterocycles. The molecule has 0 radical (unpaired) electrons. The van der Waals surface area contributed by atoms with Gasteiger partial charge in [0.2, 0.25) is 5.91 Å². The number of aromatic nitrogens is 2. The van der Waals surface area contributed by atoms with Gasteiger partial charge in [0.05, 0.1) is 27.0 Å². The summed E-state index contributed by atoms with van der Waals surface area (Å²) in [6, 6.07) is 15.5. The average molecular weight is 476 g/mol. The zero-order valence-electron chi connectivity index (χ0n) is 16.2. The summed E-state index contributed by atoms with van der Waals surface area (Å²) < 4.78 is 13.6. The van der Waals surface area contributed by atoms with Crippen molar-refractivity contribution in [1.82, 2.24) is 9.78 Å². The van der Waals surface area contributed by atoms with Crippen molar-refractivity contribution in [1.29, 1.82) is 0 Å². The Morgan fingerprint density at radius 3 is 2.72 bits per heavy atom. The van der Waals surface area contributed by atoms with Crippen LogP contribution in [0.15, 0.2) is 64.1 Å². The summed E-state index contributed by atoms with van der Waals surface area (Å²) in [6.45, 7) is 0.453. The smallest absolute Gasteiger partial charge is 0.226 e. The van der Waals surface area contributed by atoms with Crippen molar-refractivity contribution in [3.63, 3.8) is 0 Å². The minimum absolute atomic E-state index is 0.0519. The largest absolute Gasteiger partial charge is 0.493 e. The number of thioether (sulfide) groups is 1. The second-order valence-corrected chi connectivity index (χ2v) is 8.09. The Kier molecular flexibility index (Phi) is 7.60. The van der Waals surface area contributed by atoms with E-state index in [1.807, 2.05) is 42.5 Å². The first kappa shape index (κ1) is 21.3. The Labute approximate surface area is 182 Å². The molecular weight excluding hydrogens is 454 g/mol. The number of nitrogens with zero attached hydrogens (tertiary/aromatic N) is 2. The fraction of sp³-hybridized carbons (Fsp3) is 0.238. The van der Waals surface area contributed by atoms with E-state index in [9.17, 15) is 4.79 Å². The summed E-state index contributed by atoms with van der Waals surface area (Å²) in [5.74, 6) is 2.60. The summed E-state index contributed by atoms with van der Waals surface area (Å²) in [7, 11) is 3.21. The van der Waals surface area contributed by atoms with E-state index in [1.165, 1.54) is 0 Å². The summed E-state index contributed by atoms with van der Waals surface area (Å²) in [5.41, 5.74) is 0.913. The number of para-hydroxylation sites is 1. The lowest BCUT2D eigenvalue weighted by atomic mass is 10.2. The van der Waals surface area contributed by atoms with Crippen molar-refractivity contribution in [2.75, 3.05) is 25.3 Å². The zero-order chi connectivity index (χ0) is 20.6. The molecule has 3 rings (SSSR count). The third-order valence-electron chi connectivity index (χ3n) is 4.21. The molecule has 0 saturated heterocycles. The Bertz CT molecular complexity index is 977. The number of methoxy groups -OCH3 is 2. The standard InChI is InChI=1S/C21H22BrN3O3S/c1-27-17-8-5-6-15(21(17)28-2)14-25-19(10-12-23-25)24-20(26)11-13-29-18-9-4-3-7-16(18)22/h3-10,12H,11,13-14H2,1-2H3,(H,24,26). The fourth-order valence-electron chi connectivity index (χ4n) is 2.83. The molecule has 152 valence electrons. The first-order valence-corrected chi connectivity index (χ1v) is 10.8. The van der Waals surface area contributed by atoms with Gasteiger partial charge >= 0.3 is 0 Å². The van der Waals surface area contributed by atoms with Crippen molar-refractivity contribution in [3.05, 3.63) is 64.8 Å². The van der Waals surface area contributed by atoms with Crippen LogP contribution in [0.1, 0.15) is 12.0 Å². The van der Waals surface area contributed by atoms with Gasteiger partial charge < -0.3 is 14.8 Å². The van der Waals surface area contributed by atoms with Gasteiger partial charge in [-0.05, 0) is 34.1 Å². The van der Waals surface area contributed by atoms with Crippen LogP contribution in [0.5, 0.6) is 11.5 Å². The van der Waals surface area contributed by atoms with Crippen LogP contribution >= 0.6 is 27.7 Å². The molecule has 1 heterocycles. The van der Waals surface area contributed by atoms with Crippen LogP contribution in [0, 0.1) is 0 Å². The molecule has 0 aliphatic carbocycles. The highest BCUT2D eigenvalue weighted by molar-refractivity contribution is 9.10. The van der Waals surface area contributed by atoms with Gasteiger partial charge in [-0.2, -0.15) is 5.10 Å². The van der Waals surface area contributed by atoms with Crippen molar-refractivity contribution >= 4 is 39.4 Å². The van der Waals surface area contributed by atoms with E-state index in [-0.39, 0.29) is 5.91 Å². The van der Waals surface area contributed by atoms with Crippen LogP contribution in [0.25, 0.3) is 0 Å². The molecule has 0 bridgehead atoms. The predicted molar refractivity (Wildman–Crippen MR) is 119 cm³/mol. The van der Waals surface area contributed by atoms with E-state index in [0.717, 1.165) is 14.9 Å². The number of carbonyl (C=O) groups excluding carboxylic acids is 1. The maximum absolute atomic E-state index is 12.4. The summed E-state index contributed by atoms with van der Waals surface area (Å²) in [6.07, 6.45) is 2.07. The monoisotopic (exact) mass is 475 g/mol. The number of halogens is 1. The van der Waals surface area contributed by atoms with Gasteiger partial charge in [-0.3, -0.25) is 4.79 Å². The molecule has 0 unspecified atom stereocenters. The number of benzene rings is 2. The molecule has 1 amide bonds. The number of nitrogens with one attached hydrogen (secondary N) is 1. The molecule has 6 nitrogen and oxygen atoms in total. The number of ether oxygens (including phenoxy) is 2. The minimum Gasteiger partial charge on any atom is -0.493 e. The highest BCUT2D eigenvalue weighted by atomic mass is 79.9. The van der Waals surface area contributed by atoms with Crippen LogP contribution in [0.3, 0.4) is 0 Å². The third kappa shape index (κ3) is 5.55. The highest BCUT2D eigenvalue weighted by Gasteiger charge is 2.13. The topological polar surface area (TPSA) is 65.4 Å². The van der Waals surface area contributed by atoms with Crippen molar-refractivity contribution in [2.24, 2.45) is 0 Å². The number of carbonyl (C=O) groups is 1. The van der Waals surface area contributed by atoms with Crippen molar-refractivity contribution in [3.8, 4) is 11.5 Å². The number of amides is 1. The second-order valence-electron chi connectivity index (χ2n) is 6.10. The Morgan fingerprint density at radius 1 is 1.14 bits per heavy atom. The summed E-state index contributed by atoms with van der Waals surface area (Å²) in [5, 5.41) is 7.27. The van der Waals surface area contributed by atoms with Gasteiger partial charge in [0, 0.05) is 33.2 Å². The van der Waals surface area contributed by atoms with E-state index in [4.69, 9.17) is 9.47 Å². The van der Waals surface area contributed by atoms with Gasteiger partial charge in [0.25, 0.3) is 0 Å². The van der Waals surface area contributed by atoms with Gasteiger partial charge in [0.15, 0.2) is 11.5 Å². The SMILES string of the molecule is COc1cccc(Cn2nccc2NC(=O)CCSc2ccccc2Br)c1OC. The molecule has 0 aliphatic heterocycles. The predicted octanol–water partition coefficient (Wildman–Crippen LogP) is 4.83. The quantitative estimate of drug-likeness (QED) is 0.448. The van der Waals surface area contributed by atoms with Gasteiger partial charge in [0.1, 0.15) is 5.82 Å². The lowest BCUT2D eigenvalue weighted by Gasteiger charge is -2.14. The lowest BCUT2D eigenvalue weighted by molar-refractivity contribution is -0.115. The van der Waals surface area contributed by atoms with Crippen LogP contribution in [-0.4, -0.2) is 35.7 Å². The van der Waals surface area contributed by atoms with Crippen LogP contribution < -0.4 is 14.8 Å². The molecular formula is C21H22BrN3O3S. The van der Waals surface area contributed by atoms with Gasteiger partial charge in [-0.25, -0.2) is 4.68 Å². The molecule has 2 aromatic carbocycles. The molecule has 0 saturated carbocycles. The summed E-state index contributed by atoms with van der Waals surface area (Å²) >= 11 is 5.17. The normalized spacial score (nSPS) is 10.6. The molecule has 3 aromatic rings. The van der Waals surface area contributed by atoms with E-state index in [1.54, 1.807) is 42.9 Å². The number of hydrogen-bond donors (Lipinski definition) is 1. The Morgan fingerprint density at radius 2 is 1.97 bits per heavy atom. The van der Waals surface area contributed by atoms with Crippen LogP contribution in [-0.2, 0) is 11.3 Å². The molecule has 29 heavy (non-hydrogen) atoms. The average Bonchev–Trinajstić information content (AvgIpc) is 3.15. The molecule has 0 aliphatic rings. The van der Waals surface area contributed by atoms with Crippen molar-refractivity contribution in [2.45, 2.75) is 17.9 Å².